The number of rotatable bonds is 5. The molecule has 0 spiro atoms. The van der Waals surface area contributed by atoms with Crippen molar-refractivity contribution < 1.29 is 14.3 Å². The number of esters is 1. The summed E-state index contributed by atoms with van der Waals surface area (Å²) in [5.41, 5.74) is 0.522. The summed E-state index contributed by atoms with van der Waals surface area (Å²) in [5.74, 6) is -0.847. The van der Waals surface area contributed by atoms with Crippen molar-refractivity contribution in [1.82, 2.24) is 9.88 Å². The van der Waals surface area contributed by atoms with Gasteiger partial charge in [-0.2, -0.15) is 0 Å². The van der Waals surface area contributed by atoms with Crippen molar-refractivity contribution in [1.29, 1.82) is 0 Å². The summed E-state index contributed by atoms with van der Waals surface area (Å²) in [6, 6.07) is 8.21. The van der Waals surface area contributed by atoms with Crippen LogP contribution in [0, 0.1) is 0 Å². The Hall–Kier alpha value is -2.63. The Bertz CT molecular complexity index is 782. The first-order chi connectivity index (χ1) is 11.0. The van der Waals surface area contributed by atoms with E-state index in [0.29, 0.717) is 17.3 Å². The number of benzene rings is 1. The van der Waals surface area contributed by atoms with Gasteiger partial charge < -0.3 is 14.6 Å². The molecule has 0 aliphatic heterocycles. The van der Waals surface area contributed by atoms with Gasteiger partial charge in [0.25, 0.3) is 5.91 Å². The van der Waals surface area contributed by atoms with Crippen LogP contribution in [0.3, 0.4) is 0 Å². The summed E-state index contributed by atoms with van der Waals surface area (Å²) in [7, 11) is 1.28. The number of methoxy groups -OCH3 is 1. The SMILES string of the molecule is CC[C@@H](C)N(CC(=O)OC)C(=O)c1cc(=O)[nH]c2ccccc12. The molecular weight excluding hydrogens is 296 g/mol. The summed E-state index contributed by atoms with van der Waals surface area (Å²) >= 11 is 0. The fourth-order valence-electron chi connectivity index (χ4n) is 2.39. The second-order valence-corrected chi connectivity index (χ2v) is 5.36. The molecule has 0 saturated carbocycles. The second kappa shape index (κ2) is 7.09. The van der Waals surface area contributed by atoms with Crippen LogP contribution in [0.1, 0.15) is 30.6 Å². The van der Waals surface area contributed by atoms with Crippen LogP contribution < -0.4 is 5.56 Å². The summed E-state index contributed by atoms with van der Waals surface area (Å²) in [6.45, 7) is 3.64. The van der Waals surface area contributed by atoms with Crippen LogP contribution in [0.5, 0.6) is 0 Å². The largest absolute Gasteiger partial charge is 0.468 e. The lowest BCUT2D eigenvalue weighted by molar-refractivity contribution is -0.141. The Morgan fingerprint density at radius 1 is 1.30 bits per heavy atom. The molecule has 0 saturated heterocycles. The Kier molecular flexibility index (Phi) is 5.16. The van der Waals surface area contributed by atoms with Gasteiger partial charge in [0.1, 0.15) is 6.54 Å². The number of ether oxygens (including phenoxy) is 1. The number of amides is 1. The van der Waals surface area contributed by atoms with Gasteiger partial charge in [0, 0.05) is 23.0 Å². The van der Waals surface area contributed by atoms with Crippen LogP contribution in [0.2, 0.25) is 0 Å². The minimum absolute atomic E-state index is 0.147. The third-order valence-corrected chi connectivity index (χ3v) is 3.89. The van der Waals surface area contributed by atoms with E-state index >= 15 is 0 Å². The normalized spacial score (nSPS) is 12.0. The molecule has 0 fully saturated rings. The van der Waals surface area contributed by atoms with Gasteiger partial charge in [-0.25, -0.2) is 0 Å². The molecule has 23 heavy (non-hydrogen) atoms. The number of carbonyl (C=O) groups excluding carboxylic acids is 2. The van der Waals surface area contributed by atoms with Gasteiger partial charge in [0.15, 0.2) is 0 Å². The number of aromatic nitrogens is 1. The van der Waals surface area contributed by atoms with Crippen molar-refractivity contribution >= 4 is 22.8 Å². The lowest BCUT2D eigenvalue weighted by Crippen LogP contribution is -2.42. The average Bonchev–Trinajstić information content (AvgIpc) is 2.57. The summed E-state index contributed by atoms with van der Waals surface area (Å²) in [6.07, 6.45) is 0.684. The minimum Gasteiger partial charge on any atom is -0.468 e. The number of pyridine rings is 1. The average molecular weight is 316 g/mol. The van der Waals surface area contributed by atoms with Crippen molar-refractivity contribution in [2.75, 3.05) is 13.7 Å². The number of fused-ring (bicyclic) bond motifs is 1. The quantitative estimate of drug-likeness (QED) is 0.855. The fraction of sp³-hybridized carbons (Fsp3) is 0.353. The number of nitrogens with one attached hydrogen (secondary N) is 1. The monoisotopic (exact) mass is 316 g/mol. The van der Waals surface area contributed by atoms with E-state index in [1.807, 2.05) is 13.8 Å². The van der Waals surface area contributed by atoms with Crippen molar-refractivity contribution in [2.45, 2.75) is 26.3 Å². The van der Waals surface area contributed by atoms with E-state index < -0.39 is 5.97 Å². The molecule has 6 heteroatoms. The van der Waals surface area contributed by atoms with Gasteiger partial charge >= 0.3 is 5.97 Å². The van der Waals surface area contributed by atoms with E-state index in [0.717, 1.165) is 0 Å². The smallest absolute Gasteiger partial charge is 0.325 e. The maximum absolute atomic E-state index is 12.9. The molecule has 2 rings (SSSR count). The van der Waals surface area contributed by atoms with Gasteiger partial charge in [0.2, 0.25) is 5.56 Å². The maximum atomic E-state index is 12.9. The molecule has 0 aliphatic carbocycles. The van der Waals surface area contributed by atoms with E-state index in [9.17, 15) is 14.4 Å². The zero-order valence-electron chi connectivity index (χ0n) is 13.5. The molecule has 0 radical (unpaired) electrons. The van der Waals surface area contributed by atoms with Crippen LogP contribution in [0.4, 0.5) is 0 Å². The predicted octanol–water partition coefficient (Wildman–Crippen LogP) is 1.94. The van der Waals surface area contributed by atoms with Crippen LogP contribution in [-0.4, -0.2) is 41.5 Å². The number of hydrogen-bond donors (Lipinski definition) is 1. The summed E-state index contributed by atoms with van der Waals surface area (Å²) < 4.78 is 4.67. The molecule has 0 unspecified atom stereocenters. The predicted molar refractivity (Wildman–Crippen MR) is 87.4 cm³/mol. The molecule has 0 bridgehead atoms. The molecule has 6 nitrogen and oxygen atoms in total. The van der Waals surface area contributed by atoms with Gasteiger partial charge in [-0.3, -0.25) is 14.4 Å². The lowest BCUT2D eigenvalue weighted by Gasteiger charge is -2.27. The molecule has 1 amide bonds. The molecule has 122 valence electrons. The number of para-hydroxylation sites is 1. The van der Waals surface area contributed by atoms with E-state index in [1.54, 1.807) is 24.3 Å². The van der Waals surface area contributed by atoms with Crippen molar-refractivity contribution in [2.24, 2.45) is 0 Å². The highest BCUT2D eigenvalue weighted by Crippen LogP contribution is 2.18. The minimum atomic E-state index is -0.493. The Morgan fingerprint density at radius 3 is 2.65 bits per heavy atom. The van der Waals surface area contributed by atoms with Gasteiger partial charge in [-0.1, -0.05) is 25.1 Å². The molecule has 1 aromatic carbocycles. The first kappa shape index (κ1) is 16.7. The molecule has 1 aromatic heterocycles. The van der Waals surface area contributed by atoms with Crippen LogP contribution >= 0.6 is 0 Å². The van der Waals surface area contributed by atoms with E-state index in [4.69, 9.17) is 0 Å². The Morgan fingerprint density at radius 2 is 2.00 bits per heavy atom. The topological polar surface area (TPSA) is 79.5 Å². The van der Waals surface area contributed by atoms with Crippen LogP contribution in [0.25, 0.3) is 10.9 Å². The molecule has 0 aliphatic rings. The number of nitrogens with zero attached hydrogens (tertiary/aromatic N) is 1. The maximum Gasteiger partial charge on any atom is 0.325 e. The van der Waals surface area contributed by atoms with E-state index in [-0.39, 0.29) is 29.6 Å². The first-order valence-corrected chi connectivity index (χ1v) is 7.47. The standard InChI is InChI=1S/C17H20N2O4/c1-4-11(2)19(10-16(21)23-3)17(22)13-9-15(20)18-14-8-6-5-7-12(13)14/h5-9,11H,4,10H2,1-3H3,(H,18,20)/t11-/m1/s1. The van der Waals surface area contributed by atoms with Gasteiger partial charge in [0.05, 0.1) is 12.7 Å². The lowest BCUT2D eigenvalue weighted by atomic mass is 10.1. The third kappa shape index (κ3) is 3.59. The summed E-state index contributed by atoms with van der Waals surface area (Å²) in [5, 5.41) is 0.648. The third-order valence-electron chi connectivity index (χ3n) is 3.89. The highest BCUT2D eigenvalue weighted by atomic mass is 16.5. The molecule has 2 aromatic rings. The van der Waals surface area contributed by atoms with Crippen molar-refractivity contribution in [3.05, 3.63) is 46.2 Å². The van der Waals surface area contributed by atoms with Crippen LogP contribution in [0.15, 0.2) is 35.1 Å². The van der Waals surface area contributed by atoms with Crippen LogP contribution in [-0.2, 0) is 9.53 Å². The number of hydrogen-bond acceptors (Lipinski definition) is 4. The van der Waals surface area contributed by atoms with Crippen molar-refractivity contribution in [3.8, 4) is 0 Å². The number of H-pyrrole nitrogens is 1. The van der Waals surface area contributed by atoms with Gasteiger partial charge in [-0.05, 0) is 19.4 Å². The first-order valence-electron chi connectivity index (χ1n) is 7.47. The second-order valence-electron chi connectivity index (χ2n) is 5.36. The van der Waals surface area contributed by atoms with E-state index in [1.165, 1.54) is 18.1 Å². The fourth-order valence-corrected chi connectivity index (χ4v) is 2.39. The number of aromatic amines is 1. The zero-order valence-corrected chi connectivity index (χ0v) is 13.5. The molecular formula is C17H20N2O4. The zero-order chi connectivity index (χ0) is 17.0. The Labute approximate surface area is 134 Å². The summed E-state index contributed by atoms with van der Waals surface area (Å²) in [4.78, 5) is 40.5. The number of carbonyl (C=O) groups is 2. The van der Waals surface area contributed by atoms with E-state index in [2.05, 4.69) is 9.72 Å². The Balaban J connectivity index is 2.51. The molecule has 1 N–H and O–H groups in total. The molecule has 1 heterocycles. The van der Waals surface area contributed by atoms with Crippen molar-refractivity contribution in [3.63, 3.8) is 0 Å². The van der Waals surface area contributed by atoms with Gasteiger partial charge in [-0.15, -0.1) is 0 Å². The molecule has 1 atom stereocenters. The highest BCUT2D eigenvalue weighted by Gasteiger charge is 2.25. The highest BCUT2D eigenvalue weighted by molar-refractivity contribution is 6.06.